The van der Waals surface area contributed by atoms with Crippen LogP contribution in [0.5, 0.6) is 0 Å². The van der Waals surface area contributed by atoms with Gasteiger partial charge in [0.05, 0.1) is 13.2 Å². The molecule has 0 spiro atoms. The second-order valence-corrected chi connectivity index (χ2v) is 5.79. The lowest BCUT2D eigenvalue weighted by Gasteiger charge is -2.35. The van der Waals surface area contributed by atoms with E-state index in [9.17, 15) is 4.57 Å². The van der Waals surface area contributed by atoms with E-state index in [1.54, 1.807) is 4.67 Å². The second-order valence-electron chi connectivity index (χ2n) is 3.87. The van der Waals surface area contributed by atoms with Crippen LogP contribution in [0, 0.1) is 0 Å². The van der Waals surface area contributed by atoms with Crippen molar-refractivity contribution in [2.24, 2.45) is 0 Å². The van der Waals surface area contributed by atoms with E-state index >= 15 is 0 Å². The summed E-state index contributed by atoms with van der Waals surface area (Å²) < 4.78 is 24.9. The van der Waals surface area contributed by atoms with Gasteiger partial charge in [-0.3, -0.25) is 9.05 Å². The van der Waals surface area contributed by atoms with Gasteiger partial charge < -0.3 is 0 Å². The van der Waals surface area contributed by atoms with E-state index in [2.05, 4.69) is 0 Å². The highest BCUT2D eigenvalue weighted by Gasteiger charge is 2.36. The van der Waals surface area contributed by atoms with Crippen molar-refractivity contribution in [2.45, 2.75) is 53.6 Å². The molecule has 0 aliphatic carbocycles. The van der Waals surface area contributed by atoms with Gasteiger partial charge >= 0.3 is 7.75 Å². The van der Waals surface area contributed by atoms with Crippen LogP contribution >= 0.6 is 7.75 Å². The standard InChI is InChI=1S/C10H24NO3P/c1-7-13-15(12,14-8-2)11(9(3)4)10(5)6/h9-10H,7-8H2,1-6H3. The Hall–Kier alpha value is 0.110. The predicted molar refractivity (Wildman–Crippen MR) is 63.0 cm³/mol. The van der Waals surface area contributed by atoms with Crippen molar-refractivity contribution in [3.05, 3.63) is 0 Å². The molecule has 0 aromatic carbocycles. The van der Waals surface area contributed by atoms with E-state index in [4.69, 9.17) is 9.05 Å². The fraction of sp³-hybridized carbons (Fsp3) is 1.00. The molecule has 0 aliphatic heterocycles. The summed E-state index contributed by atoms with van der Waals surface area (Å²) in [4.78, 5) is 0. The maximum Gasteiger partial charge on any atom is 0.408 e. The zero-order chi connectivity index (χ0) is 12.1. The number of nitrogens with zero attached hydrogens (tertiary/aromatic N) is 1. The van der Waals surface area contributed by atoms with Crippen LogP contribution in [0.1, 0.15) is 41.5 Å². The van der Waals surface area contributed by atoms with Crippen LogP contribution in [0.2, 0.25) is 0 Å². The van der Waals surface area contributed by atoms with Gasteiger partial charge in [-0.2, -0.15) is 0 Å². The molecule has 0 radical (unpaired) electrons. The molecule has 0 heterocycles. The fourth-order valence-electron chi connectivity index (χ4n) is 1.66. The molecule has 0 amide bonds. The first kappa shape index (κ1) is 15.1. The molecule has 0 N–H and O–H groups in total. The van der Waals surface area contributed by atoms with E-state index in [1.165, 1.54) is 0 Å². The minimum Gasteiger partial charge on any atom is -0.297 e. The molecular formula is C10H24NO3P. The molecule has 0 aliphatic rings. The van der Waals surface area contributed by atoms with Crippen molar-refractivity contribution < 1.29 is 13.6 Å². The highest BCUT2D eigenvalue weighted by atomic mass is 31.2. The van der Waals surface area contributed by atoms with Crippen molar-refractivity contribution in [3.8, 4) is 0 Å². The molecule has 0 bridgehead atoms. The molecule has 5 heteroatoms. The highest BCUT2D eigenvalue weighted by molar-refractivity contribution is 7.51. The molecule has 4 nitrogen and oxygen atoms in total. The maximum atomic E-state index is 12.5. The largest absolute Gasteiger partial charge is 0.408 e. The Bertz CT molecular complexity index is 201. The van der Waals surface area contributed by atoms with Crippen molar-refractivity contribution in [1.29, 1.82) is 0 Å². The molecule has 92 valence electrons. The van der Waals surface area contributed by atoms with Gasteiger partial charge in [-0.15, -0.1) is 0 Å². The van der Waals surface area contributed by atoms with Crippen LogP contribution in [0.3, 0.4) is 0 Å². The van der Waals surface area contributed by atoms with Gasteiger partial charge in [0.15, 0.2) is 0 Å². The zero-order valence-corrected chi connectivity index (χ0v) is 11.6. The Morgan fingerprint density at radius 3 is 1.53 bits per heavy atom. The lowest BCUT2D eigenvalue weighted by Crippen LogP contribution is -2.35. The van der Waals surface area contributed by atoms with Crippen molar-refractivity contribution in [3.63, 3.8) is 0 Å². The Balaban J connectivity index is 4.91. The van der Waals surface area contributed by atoms with Crippen LogP contribution < -0.4 is 0 Å². The van der Waals surface area contributed by atoms with Crippen molar-refractivity contribution in [1.82, 2.24) is 4.67 Å². The van der Waals surface area contributed by atoms with E-state index in [1.807, 2.05) is 41.5 Å². The first-order valence-electron chi connectivity index (χ1n) is 5.57. The van der Waals surface area contributed by atoms with E-state index in [0.29, 0.717) is 13.2 Å². The van der Waals surface area contributed by atoms with E-state index in [0.717, 1.165) is 0 Å². The first-order valence-corrected chi connectivity index (χ1v) is 7.06. The van der Waals surface area contributed by atoms with Crippen LogP contribution in [0.4, 0.5) is 0 Å². The summed E-state index contributed by atoms with van der Waals surface area (Å²) in [6.07, 6.45) is 0. The Morgan fingerprint density at radius 2 is 1.33 bits per heavy atom. The third kappa shape index (κ3) is 4.23. The molecule has 0 atom stereocenters. The topological polar surface area (TPSA) is 38.8 Å². The summed E-state index contributed by atoms with van der Waals surface area (Å²) in [6, 6.07) is 0.267. The highest BCUT2D eigenvalue weighted by Crippen LogP contribution is 2.54. The van der Waals surface area contributed by atoms with Crippen molar-refractivity contribution >= 4 is 7.75 Å². The number of hydrogen-bond acceptors (Lipinski definition) is 3. The summed E-state index contributed by atoms with van der Waals surface area (Å²) in [7, 11) is -3.11. The van der Waals surface area contributed by atoms with Gasteiger partial charge in [-0.05, 0) is 41.5 Å². The fourth-order valence-corrected chi connectivity index (χ4v) is 3.78. The smallest absolute Gasteiger partial charge is 0.297 e. The molecule has 0 aromatic rings. The third-order valence-electron chi connectivity index (χ3n) is 1.93. The van der Waals surface area contributed by atoms with Crippen LogP contribution in [-0.4, -0.2) is 30.0 Å². The van der Waals surface area contributed by atoms with Gasteiger partial charge in [0.25, 0.3) is 0 Å². The molecule has 0 saturated heterocycles. The second kappa shape index (κ2) is 6.64. The monoisotopic (exact) mass is 237 g/mol. The van der Waals surface area contributed by atoms with Crippen LogP contribution in [-0.2, 0) is 13.6 Å². The number of hydrogen-bond donors (Lipinski definition) is 0. The molecule has 0 saturated carbocycles. The lowest BCUT2D eigenvalue weighted by molar-refractivity contribution is 0.140. The maximum absolute atomic E-state index is 12.5. The zero-order valence-electron chi connectivity index (χ0n) is 10.7. The molecule has 0 aromatic heterocycles. The number of rotatable bonds is 7. The van der Waals surface area contributed by atoms with Gasteiger partial charge in [0.1, 0.15) is 0 Å². The van der Waals surface area contributed by atoms with Crippen LogP contribution in [0.15, 0.2) is 0 Å². The summed E-state index contributed by atoms with van der Waals surface area (Å²) in [5, 5.41) is 0. The Labute approximate surface area is 93.5 Å². The minimum atomic E-state index is -3.11. The first-order chi connectivity index (χ1) is 6.89. The van der Waals surface area contributed by atoms with Gasteiger partial charge in [0, 0.05) is 12.1 Å². The van der Waals surface area contributed by atoms with E-state index < -0.39 is 7.75 Å². The minimum absolute atomic E-state index is 0.133. The normalized spacial score (nSPS) is 13.1. The summed E-state index contributed by atoms with van der Waals surface area (Å²) >= 11 is 0. The SMILES string of the molecule is CCOP(=O)(OCC)N(C(C)C)C(C)C. The van der Waals surface area contributed by atoms with Crippen molar-refractivity contribution in [2.75, 3.05) is 13.2 Å². The van der Waals surface area contributed by atoms with Crippen LogP contribution in [0.25, 0.3) is 0 Å². The van der Waals surface area contributed by atoms with Gasteiger partial charge in [-0.1, -0.05) is 0 Å². The molecule has 0 fully saturated rings. The molecule has 15 heavy (non-hydrogen) atoms. The molecule has 0 unspecified atom stereocenters. The average molecular weight is 237 g/mol. The molecular weight excluding hydrogens is 213 g/mol. The summed E-state index contributed by atoms with van der Waals surface area (Å²) in [5.41, 5.74) is 0. The predicted octanol–water partition coefficient (Wildman–Crippen LogP) is 3.29. The van der Waals surface area contributed by atoms with Gasteiger partial charge in [-0.25, -0.2) is 9.24 Å². The summed E-state index contributed by atoms with van der Waals surface area (Å²) in [5.74, 6) is 0. The quantitative estimate of drug-likeness (QED) is 0.637. The molecule has 0 rings (SSSR count). The summed E-state index contributed by atoms with van der Waals surface area (Å²) in [6.45, 7) is 12.4. The van der Waals surface area contributed by atoms with E-state index in [-0.39, 0.29) is 12.1 Å². The average Bonchev–Trinajstić information content (AvgIpc) is 2.02. The Morgan fingerprint density at radius 1 is 1.00 bits per heavy atom. The third-order valence-corrected chi connectivity index (χ3v) is 4.58. The van der Waals surface area contributed by atoms with Gasteiger partial charge in [0.2, 0.25) is 0 Å². The lowest BCUT2D eigenvalue weighted by atomic mass is 10.3. The Kier molecular flexibility index (Phi) is 6.69.